The number of hydrogen-bond acceptors (Lipinski definition) is 3. The molecule has 1 unspecified atom stereocenters. The van der Waals surface area contributed by atoms with Crippen LogP contribution in [0, 0.1) is 11.3 Å². The highest BCUT2D eigenvalue weighted by Crippen LogP contribution is 2.12. The van der Waals surface area contributed by atoms with Crippen molar-refractivity contribution in [3.63, 3.8) is 0 Å². The lowest BCUT2D eigenvalue weighted by molar-refractivity contribution is 0.0924. The summed E-state index contributed by atoms with van der Waals surface area (Å²) in [6.45, 7) is 11.4. The van der Waals surface area contributed by atoms with Gasteiger partial charge in [0.15, 0.2) is 0 Å². The van der Waals surface area contributed by atoms with Crippen LogP contribution < -0.4 is 16.4 Å². The van der Waals surface area contributed by atoms with Crippen molar-refractivity contribution >= 4 is 11.8 Å². The quantitative estimate of drug-likeness (QED) is 0.717. The van der Waals surface area contributed by atoms with E-state index in [2.05, 4.69) is 45.3 Å². The van der Waals surface area contributed by atoms with E-state index >= 15 is 0 Å². The number of amides is 2. The first-order chi connectivity index (χ1) is 11.1. The molecule has 0 spiro atoms. The van der Waals surface area contributed by atoms with Crippen molar-refractivity contribution in [1.82, 2.24) is 10.6 Å². The minimum atomic E-state index is -0.159. The Labute approximate surface area is 145 Å². The van der Waals surface area contributed by atoms with Crippen molar-refractivity contribution < 1.29 is 9.59 Å². The van der Waals surface area contributed by atoms with Crippen LogP contribution in [-0.4, -0.2) is 30.9 Å². The van der Waals surface area contributed by atoms with E-state index in [0.29, 0.717) is 30.1 Å². The van der Waals surface area contributed by atoms with Gasteiger partial charge in [-0.05, 0) is 42.0 Å². The molecule has 0 bridgehead atoms. The molecule has 0 aliphatic rings. The zero-order chi connectivity index (χ0) is 18.3. The Balaban J connectivity index is 2.66. The highest BCUT2D eigenvalue weighted by molar-refractivity contribution is 5.97. The average Bonchev–Trinajstić information content (AvgIpc) is 2.50. The number of nitrogens with one attached hydrogen (secondary N) is 2. The number of carbonyl (C=O) groups excluding carboxylic acids is 2. The van der Waals surface area contributed by atoms with E-state index in [1.165, 1.54) is 0 Å². The van der Waals surface area contributed by atoms with Gasteiger partial charge in [0.25, 0.3) is 11.8 Å². The molecule has 2 amide bonds. The number of hydrogen-bond donors (Lipinski definition) is 3. The fourth-order valence-electron chi connectivity index (χ4n) is 2.27. The Morgan fingerprint density at radius 2 is 1.54 bits per heavy atom. The zero-order valence-electron chi connectivity index (χ0n) is 15.5. The standard InChI is InChI=1S/C19H31N3O2/c1-13(2)10-16(11-20)22-18(24)15-8-6-14(7-9-15)17(23)21-12-19(3,4)5/h6-9,13,16H,10-12,20H2,1-5H3,(H,21,23)(H,22,24). The maximum Gasteiger partial charge on any atom is 0.251 e. The van der Waals surface area contributed by atoms with E-state index in [0.717, 1.165) is 6.42 Å². The van der Waals surface area contributed by atoms with Crippen LogP contribution in [0.4, 0.5) is 0 Å². The number of rotatable bonds is 7. The third-order valence-electron chi connectivity index (χ3n) is 3.56. The fourth-order valence-corrected chi connectivity index (χ4v) is 2.27. The van der Waals surface area contributed by atoms with Crippen molar-refractivity contribution in [3.8, 4) is 0 Å². The molecule has 1 aromatic carbocycles. The van der Waals surface area contributed by atoms with Crippen LogP contribution in [-0.2, 0) is 0 Å². The molecule has 5 heteroatoms. The second-order valence-electron chi connectivity index (χ2n) is 7.86. The van der Waals surface area contributed by atoms with Crippen LogP contribution in [0.2, 0.25) is 0 Å². The molecular formula is C19H31N3O2. The Morgan fingerprint density at radius 3 is 1.96 bits per heavy atom. The van der Waals surface area contributed by atoms with Gasteiger partial charge >= 0.3 is 0 Å². The Kier molecular flexibility index (Phi) is 7.42. The second kappa shape index (κ2) is 8.83. The summed E-state index contributed by atoms with van der Waals surface area (Å²) in [5, 5.41) is 5.84. The SMILES string of the molecule is CC(C)CC(CN)NC(=O)c1ccc(C(=O)NCC(C)(C)C)cc1. The topological polar surface area (TPSA) is 84.2 Å². The summed E-state index contributed by atoms with van der Waals surface area (Å²) < 4.78 is 0. The van der Waals surface area contributed by atoms with Gasteiger partial charge in [-0.25, -0.2) is 0 Å². The van der Waals surface area contributed by atoms with E-state index in [4.69, 9.17) is 5.73 Å². The van der Waals surface area contributed by atoms with Crippen LogP contribution in [0.15, 0.2) is 24.3 Å². The van der Waals surface area contributed by atoms with E-state index in [9.17, 15) is 9.59 Å². The maximum absolute atomic E-state index is 12.3. The molecule has 1 rings (SSSR count). The predicted octanol–water partition coefficient (Wildman–Crippen LogP) is 2.57. The van der Waals surface area contributed by atoms with Gasteiger partial charge in [0.2, 0.25) is 0 Å². The van der Waals surface area contributed by atoms with Crippen LogP contribution in [0.5, 0.6) is 0 Å². The molecule has 1 atom stereocenters. The number of benzene rings is 1. The van der Waals surface area contributed by atoms with Gasteiger partial charge in [-0.2, -0.15) is 0 Å². The van der Waals surface area contributed by atoms with Crippen molar-refractivity contribution in [2.75, 3.05) is 13.1 Å². The van der Waals surface area contributed by atoms with Gasteiger partial charge in [-0.15, -0.1) is 0 Å². The van der Waals surface area contributed by atoms with E-state index in [1.807, 2.05) is 0 Å². The van der Waals surface area contributed by atoms with Gasteiger partial charge in [0.05, 0.1) is 0 Å². The Hall–Kier alpha value is -1.88. The molecule has 5 nitrogen and oxygen atoms in total. The molecule has 0 saturated heterocycles. The number of carbonyl (C=O) groups is 2. The lowest BCUT2D eigenvalue weighted by atomic mass is 9.97. The monoisotopic (exact) mass is 333 g/mol. The molecule has 0 aliphatic heterocycles. The van der Waals surface area contributed by atoms with E-state index < -0.39 is 0 Å². The first-order valence-electron chi connectivity index (χ1n) is 8.51. The van der Waals surface area contributed by atoms with E-state index in [-0.39, 0.29) is 23.3 Å². The molecule has 24 heavy (non-hydrogen) atoms. The molecule has 0 heterocycles. The van der Waals surface area contributed by atoms with Gasteiger partial charge in [0, 0.05) is 30.3 Å². The van der Waals surface area contributed by atoms with Crippen LogP contribution >= 0.6 is 0 Å². The summed E-state index contributed by atoms with van der Waals surface area (Å²) >= 11 is 0. The zero-order valence-corrected chi connectivity index (χ0v) is 15.5. The van der Waals surface area contributed by atoms with Gasteiger partial charge in [-0.3, -0.25) is 9.59 Å². The third-order valence-corrected chi connectivity index (χ3v) is 3.56. The van der Waals surface area contributed by atoms with Crippen molar-refractivity contribution in [3.05, 3.63) is 35.4 Å². The minimum absolute atomic E-state index is 0.0309. The number of nitrogens with two attached hydrogens (primary N) is 1. The highest BCUT2D eigenvalue weighted by Gasteiger charge is 2.16. The second-order valence-corrected chi connectivity index (χ2v) is 7.86. The first kappa shape index (κ1) is 20.2. The molecular weight excluding hydrogens is 302 g/mol. The first-order valence-corrected chi connectivity index (χ1v) is 8.51. The molecule has 1 aromatic rings. The fraction of sp³-hybridized carbons (Fsp3) is 0.579. The molecule has 0 aromatic heterocycles. The lowest BCUT2D eigenvalue weighted by Gasteiger charge is -2.19. The van der Waals surface area contributed by atoms with Gasteiger partial charge < -0.3 is 16.4 Å². The van der Waals surface area contributed by atoms with Crippen molar-refractivity contribution in [2.24, 2.45) is 17.1 Å². The normalized spacial score (nSPS) is 12.8. The maximum atomic E-state index is 12.3. The molecule has 0 fully saturated rings. The summed E-state index contributed by atoms with van der Waals surface area (Å²) in [7, 11) is 0. The van der Waals surface area contributed by atoms with Crippen LogP contribution in [0.1, 0.15) is 61.8 Å². The van der Waals surface area contributed by atoms with Crippen LogP contribution in [0.25, 0.3) is 0 Å². The summed E-state index contributed by atoms with van der Waals surface area (Å²) in [4.78, 5) is 24.4. The summed E-state index contributed by atoms with van der Waals surface area (Å²) in [6.07, 6.45) is 0.843. The van der Waals surface area contributed by atoms with Crippen molar-refractivity contribution in [2.45, 2.75) is 47.1 Å². The average molecular weight is 333 g/mol. The van der Waals surface area contributed by atoms with Crippen molar-refractivity contribution in [1.29, 1.82) is 0 Å². The summed E-state index contributed by atoms with van der Waals surface area (Å²) in [5.41, 5.74) is 6.82. The Morgan fingerprint density at radius 1 is 1.04 bits per heavy atom. The largest absolute Gasteiger partial charge is 0.352 e. The highest BCUT2D eigenvalue weighted by atomic mass is 16.2. The molecule has 4 N–H and O–H groups in total. The third kappa shape index (κ3) is 7.13. The molecule has 0 saturated carbocycles. The minimum Gasteiger partial charge on any atom is -0.352 e. The summed E-state index contributed by atoms with van der Waals surface area (Å²) in [6, 6.07) is 6.65. The lowest BCUT2D eigenvalue weighted by Crippen LogP contribution is -2.41. The molecule has 134 valence electrons. The van der Waals surface area contributed by atoms with Gasteiger partial charge in [0.1, 0.15) is 0 Å². The summed E-state index contributed by atoms with van der Waals surface area (Å²) in [5.74, 6) is 0.178. The molecule has 0 radical (unpaired) electrons. The van der Waals surface area contributed by atoms with Crippen LogP contribution in [0.3, 0.4) is 0 Å². The smallest absolute Gasteiger partial charge is 0.251 e. The Bertz CT molecular complexity index is 545. The predicted molar refractivity (Wildman–Crippen MR) is 98.0 cm³/mol. The van der Waals surface area contributed by atoms with E-state index in [1.54, 1.807) is 24.3 Å². The molecule has 0 aliphatic carbocycles. The van der Waals surface area contributed by atoms with Gasteiger partial charge in [-0.1, -0.05) is 34.6 Å².